The Bertz CT molecular complexity index is 286. The lowest BCUT2D eigenvalue weighted by molar-refractivity contribution is 0.413. The Kier molecular flexibility index (Phi) is 4.36. The topological polar surface area (TPSA) is 37.2 Å². The van der Waals surface area contributed by atoms with E-state index >= 15 is 0 Å². The second-order valence-electron chi connectivity index (χ2n) is 4.87. The number of aryl methyl sites for hydroxylation is 1. The van der Waals surface area contributed by atoms with E-state index < -0.39 is 0 Å². The number of nitrogens with one attached hydrogen (secondary N) is 2. The minimum absolute atomic E-state index is 0.197. The number of rotatable bonds is 5. The van der Waals surface area contributed by atoms with Gasteiger partial charge in [0, 0.05) is 18.6 Å². The van der Waals surface area contributed by atoms with Crippen LogP contribution in [0.5, 0.6) is 0 Å². The standard InChI is InChI=1S/C12H22N2O/c1-10-5-6-11(15-10)9-13-7-8-14-12(2,3)4/h5-6,13-14H,7-9H2,1-4H3. The molecule has 0 aliphatic heterocycles. The van der Waals surface area contributed by atoms with E-state index in [0.717, 1.165) is 31.2 Å². The predicted octanol–water partition coefficient (Wildman–Crippen LogP) is 2.07. The van der Waals surface area contributed by atoms with Crippen LogP contribution in [0.25, 0.3) is 0 Å². The van der Waals surface area contributed by atoms with Crippen LogP contribution in [0.3, 0.4) is 0 Å². The molecular formula is C12H22N2O. The van der Waals surface area contributed by atoms with E-state index in [4.69, 9.17) is 4.42 Å². The fraction of sp³-hybridized carbons (Fsp3) is 0.667. The molecule has 0 atom stereocenters. The van der Waals surface area contributed by atoms with E-state index in [1.54, 1.807) is 0 Å². The molecule has 0 spiro atoms. The second kappa shape index (κ2) is 5.33. The molecule has 1 heterocycles. The van der Waals surface area contributed by atoms with Crippen molar-refractivity contribution in [1.29, 1.82) is 0 Å². The van der Waals surface area contributed by atoms with Crippen molar-refractivity contribution in [3.8, 4) is 0 Å². The minimum atomic E-state index is 0.197. The molecule has 1 rings (SSSR count). The summed E-state index contributed by atoms with van der Waals surface area (Å²) in [6.45, 7) is 11.2. The molecule has 2 N–H and O–H groups in total. The summed E-state index contributed by atoms with van der Waals surface area (Å²) in [6.07, 6.45) is 0. The summed E-state index contributed by atoms with van der Waals surface area (Å²) in [4.78, 5) is 0. The summed E-state index contributed by atoms with van der Waals surface area (Å²) >= 11 is 0. The van der Waals surface area contributed by atoms with Crippen LogP contribution in [0.15, 0.2) is 16.5 Å². The zero-order valence-corrected chi connectivity index (χ0v) is 10.2. The van der Waals surface area contributed by atoms with E-state index in [1.807, 2.05) is 19.1 Å². The SMILES string of the molecule is Cc1ccc(CNCCNC(C)(C)C)o1. The molecule has 1 aromatic rings. The molecule has 0 amide bonds. The van der Waals surface area contributed by atoms with Crippen molar-refractivity contribution in [3.05, 3.63) is 23.7 Å². The van der Waals surface area contributed by atoms with Gasteiger partial charge in [0.1, 0.15) is 11.5 Å². The lowest BCUT2D eigenvalue weighted by atomic mass is 10.1. The largest absolute Gasteiger partial charge is 0.465 e. The average molecular weight is 210 g/mol. The summed E-state index contributed by atoms with van der Waals surface area (Å²) in [7, 11) is 0. The van der Waals surface area contributed by atoms with Crippen LogP contribution in [0.2, 0.25) is 0 Å². The van der Waals surface area contributed by atoms with Crippen molar-refractivity contribution >= 4 is 0 Å². The van der Waals surface area contributed by atoms with Crippen molar-refractivity contribution in [2.24, 2.45) is 0 Å². The molecule has 0 aromatic carbocycles. The van der Waals surface area contributed by atoms with E-state index in [9.17, 15) is 0 Å². The Hall–Kier alpha value is -0.800. The van der Waals surface area contributed by atoms with Crippen molar-refractivity contribution in [2.75, 3.05) is 13.1 Å². The molecule has 0 saturated carbocycles. The van der Waals surface area contributed by atoms with Crippen molar-refractivity contribution in [2.45, 2.75) is 39.8 Å². The number of hydrogen-bond acceptors (Lipinski definition) is 3. The van der Waals surface area contributed by atoms with Crippen molar-refractivity contribution in [1.82, 2.24) is 10.6 Å². The Balaban J connectivity index is 2.07. The molecule has 3 heteroatoms. The van der Waals surface area contributed by atoms with Gasteiger partial charge in [-0.25, -0.2) is 0 Å². The van der Waals surface area contributed by atoms with Crippen LogP contribution in [0, 0.1) is 6.92 Å². The van der Waals surface area contributed by atoms with Gasteiger partial charge in [-0.2, -0.15) is 0 Å². The highest BCUT2D eigenvalue weighted by Gasteiger charge is 2.06. The van der Waals surface area contributed by atoms with Crippen LogP contribution in [-0.4, -0.2) is 18.6 Å². The van der Waals surface area contributed by atoms with Gasteiger partial charge in [0.05, 0.1) is 6.54 Å². The smallest absolute Gasteiger partial charge is 0.117 e. The lowest BCUT2D eigenvalue weighted by Crippen LogP contribution is -2.40. The van der Waals surface area contributed by atoms with Crippen LogP contribution in [0.4, 0.5) is 0 Å². The third-order valence-corrected chi connectivity index (χ3v) is 2.05. The highest BCUT2D eigenvalue weighted by atomic mass is 16.3. The van der Waals surface area contributed by atoms with Gasteiger partial charge in [-0.1, -0.05) is 0 Å². The van der Waals surface area contributed by atoms with Crippen LogP contribution in [0.1, 0.15) is 32.3 Å². The quantitative estimate of drug-likeness (QED) is 0.731. The van der Waals surface area contributed by atoms with E-state index in [-0.39, 0.29) is 5.54 Å². The summed E-state index contributed by atoms with van der Waals surface area (Å²) in [6, 6.07) is 4.00. The van der Waals surface area contributed by atoms with Gasteiger partial charge < -0.3 is 15.1 Å². The normalized spacial score (nSPS) is 12.0. The predicted molar refractivity (Wildman–Crippen MR) is 62.9 cm³/mol. The van der Waals surface area contributed by atoms with Gasteiger partial charge in [-0.05, 0) is 39.8 Å². The Labute approximate surface area is 92.2 Å². The maximum atomic E-state index is 5.45. The first-order chi connectivity index (χ1) is 6.97. The molecule has 0 aliphatic rings. The van der Waals surface area contributed by atoms with Gasteiger partial charge in [0.15, 0.2) is 0 Å². The van der Waals surface area contributed by atoms with Gasteiger partial charge >= 0.3 is 0 Å². The summed E-state index contributed by atoms with van der Waals surface area (Å²) in [5.41, 5.74) is 0.197. The monoisotopic (exact) mass is 210 g/mol. The Morgan fingerprint density at radius 3 is 2.47 bits per heavy atom. The first-order valence-corrected chi connectivity index (χ1v) is 5.48. The highest BCUT2D eigenvalue weighted by Crippen LogP contribution is 2.05. The average Bonchev–Trinajstić information content (AvgIpc) is 2.49. The second-order valence-corrected chi connectivity index (χ2v) is 4.87. The summed E-state index contributed by atoms with van der Waals surface area (Å²) in [5, 5.41) is 6.75. The molecule has 3 nitrogen and oxygen atoms in total. The molecular weight excluding hydrogens is 188 g/mol. The van der Waals surface area contributed by atoms with Crippen molar-refractivity contribution < 1.29 is 4.42 Å². The first-order valence-electron chi connectivity index (χ1n) is 5.48. The highest BCUT2D eigenvalue weighted by molar-refractivity contribution is 5.05. The maximum absolute atomic E-state index is 5.45. The molecule has 0 saturated heterocycles. The maximum Gasteiger partial charge on any atom is 0.117 e. The molecule has 15 heavy (non-hydrogen) atoms. The number of hydrogen-bond donors (Lipinski definition) is 2. The fourth-order valence-corrected chi connectivity index (χ4v) is 1.32. The van der Waals surface area contributed by atoms with Crippen molar-refractivity contribution in [3.63, 3.8) is 0 Å². The molecule has 0 aliphatic carbocycles. The third-order valence-electron chi connectivity index (χ3n) is 2.05. The fourth-order valence-electron chi connectivity index (χ4n) is 1.32. The van der Waals surface area contributed by atoms with Crippen LogP contribution in [-0.2, 0) is 6.54 Å². The minimum Gasteiger partial charge on any atom is -0.465 e. The summed E-state index contributed by atoms with van der Waals surface area (Å²) in [5.74, 6) is 1.97. The molecule has 0 fully saturated rings. The molecule has 86 valence electrons. The first kappa shape index (κ1) is 12.3. The van der Waals surface area contributed by atoms with E-state index in [2.05, 4.69) is 31.4 Å². The summed E-state index contributed by atoms with van der Waals surface area (Å²) < 4.78 is 5.45. The van der Waals surface area contributed by atoms with Gasteiger partial charge in [-0.15, -0.1) is 0 Å². The zero-order valence-electron chi connectivity index (χ0n) is 10.2. The van der Waals surface area contributed by atoms with Gasteiger partial charge in [0.2, 0.25) is 0 Å². The zero-order chi connectivity index (χ0) is 11.3. The molecule has 0 unspecified atom stereocenters. The van der Waals surface area contributed by atoms with Gasteiger partial charge in [0.25, 0.3) is 0 Å². The van der Waals surface area contributed by atoms with Crippen LogP contribution >= 0.6 is 0 Å². The molecule has 0 radical (unpaired) electrons. The Morgan fingerprint density at radius 1 is 1.20 bits per heavy atom. The molecule has 0 bridgehead atoms. The van der Waals surface area contributed by atoms with E-state index in [0.29, 0.717) is 0 Å². The number of furan rings is 1. The van der Waals surface area contributed by atoms with E-state index in [1.165, 1.54) is 0 Å². The Morgan fingerprint density at radius 2 is 1.93 bits per heavy atom. The lowest BCUT2D eigenvalue weighted by Gasteiger charge is -2.20. The molecule has 1 aromatic heterocycles. The van der Waals surface area contributed by atoms with Crippen LogP contribution < -0.4 is 10.6 Å². The van der Waals surface area contributed by atoms with Gasteiger partial charge in [-0.3, -0.25) is 0 Å². The third kappa shape index (κ3) is 5.60.